The Morgan fingerprint density at radius 2 is 2.24 bits per heavy atom. The largest absolute Gasteiger partial charge is 0.479 e. The van der Waals surface area contributed by atoms with Crippen LogP contribution in [-0.4, -0.2) is 56.4 Å². The number of alkyl halides is 1. The van der Waals surface area contributed by atoms with E-state index in [0.29, 0.717) is 17.5 Å². The van der Waals surface area contributed by atoms with Gasteiger partial charge in [-0.15, -0.1) is 0 Å². The Bertz CT molecular complexity index is 1360. The minimum Gasteiger partial charge on any atom is -0.479 e. The van der Waals surface area contributed by atoms with Crippen molar-refractivity contribution in [2.24, 2.45) is 11.7 Å². The van der Waals surface area contributed by atoms with E-state index in [1.54, 1.807) is 17.8 Å². The number of nitrogens with zero attached hydrogens (tertiary/aromatic N) is 5. The molecule has 5 rings (SSSR count). The fourth-order valence-electron chi connectivity index (χ4n) is 4.25. The fourth-order valence-corrected chi connectivity index (χ4v) is 4.25. The smallest absolute Gasteiger partial charge is 0.240 e. The lowest BCUT2D eigenvalue weighted by molar-refractivity contribution is -0.120. The number of nitrogens with one attached hydrogen (secondary N) is 1. The zero-order valence-electron chi connectivity index (χ0n) is 19.3. The number of aryl methyl sites for hydroxylation is 1. The molecule has 0 aromatic carbocycles. The van der Waals surface area contributed by atoms with Gasteiger partial charge in [0.1, 0.15) is 23.0 Å². The van der Waals surface area contributed by atoms with Crippen LogP contribution < -0.4 is 15.8 Å². The number of hydrogen-bond acceptors (Lipinski definition) is 6. The van der Waals surface area contributed by atoms with E-state index in [0.717, 1.165) is 40.0 Å². The van der Waals surface area contributed by atoms with Crippen LogP contribution in [0, 0.1) is 12.8 Å². The summed E-state index contributed by atoms with van der Waals surface area (Å²) in [5.74, 6) is 0.706. The van der Waals surface area contributed by atoms with E-state index < -0.39 is 6.17 Å². The van der Waals surface area contributed by atoms with Crippen molar-refractivity contribution in [1.82, 2.24) is 29.5 Å². The monoisotopic (exact) mass is 465 g/mol. The van der Waals surface area contributed by atoms with E-state index in [-0.39, 0.29) is 25.4 Å². The number of rotatable bonds is 9. The van der Waals surface area contributed by atoms with Crippen LogP contribution in [0.25, 0.3) is 27.9 Å². The van der Waals surface area contributed by atoms with Crippen molar-refractivity contribution < 1.29 is 13.9 Å². The zero-order chi connectivity index (χ0) is 23.8. The Labute approximate surface area is 196 Å². The number of halogens is 1. The summed E-state index contributed by atoms with van der Waals surface area (Å²) in [5.41, 5.74) is 10.2. The van der Waals surface area contributed by atoms with Gasteiger partial charge in [0.15, 0.2) is 0 Å². The van der Waals surface area contributed by atoms with Gasteiger partial charge in [-0.1, -0.05) is 0 Å². The van der Waals surface area contributed by atoms with E-state index in [9.17, 15) is 9.18 Å². The fraction of sp³-hybridized carbons (Fsp3) is 0.417. The summed E-state index contributed by atoms with van der Waals surface area (Å²) < 4.78 is 22.9. The first-order valence-electron chi connectivity index (χ1n) is 11.5. The first kappa shape index (κ1) is 22.3. The molecule has 1 atom stereocenters. The highest BCUT2D eigenvalue weighted by Crippen LogP contribution is 2.37. The van der Waals surface area contributed by atoms with Gasteiger partial charge in [0, 0.05) is 30.2 Å². The lowest BCUT2D eigenvalue weighted by Crippen LogP contribution is -2.34. The molecule has 1 saturated carbocycles. The minimum absolute atomic E-state index is 0.0241. The van der Waals surface area contributed by atoms with E-state index in [4.69, 9.17) is 15.6 Å². The molecule has 1 fully saturated rings. The topological polar surface area (TPSA) is 112 Å². The van der Waals surface area contributed by atoms with Gasteiger partial charge in [-0.3, -0.25) is 4.79 Å². The molecule has 4 aromatic rings. The van der Waals surface area contributed by atoms with Crippen LogP contribution in [0.1, 0.15) is 24.1 Å². The van der Waals surface area contributed by atoms with E-state index in [2.05, 4.69) is 32.0 Å². The van der Waals surface area contributed by atoms with Crippen LogP contribution >= 0.6 is 0 Å². The number of carbonyl (C=O) groups excluding carboxylic acids is 1. The van der Waals surface area contributed by atoms with Crippen LogP contribution in [0.3, 0.4) is 0 Å². The molecule has 1 amide bonds. The molecule has 0 bridgehead atoms. The summed E-state index contributed by atoms with van der Waals surface area (Å²) in [5, 5.41) is 8.48. The van der Waals surface area contributed by atoms with E-state index in [1.807, 2.05) is 19.2 Å². The van der Waals surface area contributed by atoms with Crippen molar-refractivity contribution in [2.75, 3.05) is 20.2 Å². The molecule has 10 heteroatoms. The molecule has 1 aliphatic rings. The number of pyridine rings is 1. The standard InChI is InChI=1S/C24H28FN7O2/c1-14-21(19-8-16-4-3-7-27-23(16)31(19)12-15-5-6-15)30-32-13-18(29-24(34-2)22(14)32)9-20(33)28-11-17(25)10-26/h3-4,7-8,13,15,17H,5-6,9-12,26H2,1-2H3,(H,28,33)/t17-/m1/s1. The predicted molar refractivity (Wildman–Crippen MR) is 126 cm³/mol. The maximum atomic E-state index is 13.4. The molecular formula is C24H28FN7O2. The highest BCUT2D eigenvalue weighted by Gasteiger charge is 2.26. The maximum absolute atomic E-state index is 13.4. The normalized spacial score (nSPS) is 14.6. The van der Waals surface area contributed by atoms with Crippen molar-refractivity contribution in [3.8, 4) is 17.3 Å². The van der Waals surface area contributed by atoms with Gasteiger partial charge in [-0.05, 0) is 43.9 Å². The van der Waals surface area contributed by atoms with Gasteiger partial charge >= 0.3 is 0 Å². The van der Waals surface area contributed by atoms with Gasteiger partial charge in [-0.25, -0.2) is 18.9 Å². The molecule has 0 spiro atoms. The van der Waals surface area contributed by atoms with Crippen molar-refractivity contribution in [3.05, 3.63) is 41.9 Å². The molecule has 9 nitrogen and oxygen atoms in total. The Hall–Kier alpha value is -3.53. The van der Waals surface area contributed by atoms with Crippen LogP contribution in [0.5, 0.6) is 5.88 Å². The number of hydrogen-bond donors (Lipinski definition) is 2. The Morgan fingerprint density at radius 1 is 1.41 bits per heavy atom. The van der Waals surface area contributed by atoms with Crippen molar-refractivity contribution in [2.45, 2.75) is 38.9 Å². The second-order valence-corrected chi connectivity index (χ2v) is 8.82. The predicted octanol–water partition coefficient (Wildman–Crippen LogP) is 2.43. The quantitative estimate of drug-likeness (QED) is 0.393. The third-order valence-corrected chi connectivity index (χ3v) is 6.21. The average Bonchev–Trinajstić information content (AvgIpc) is 3.51. The highest BCUT2D eigenvalue weighted by molar-refractivity contribution is 5.86. The summed E-state index contributed by atoms with van der Waals surface area (Å²) in [6.45, 7) is 2.64. The third-order valence-electron chi connectivity index (χ3n) is 6.21. The number of ether oxygens (including phenoxy) is 1. The lowest BCUT2D eigenvalue weighted by Gasteiger charge is -2.09. The lowest BCUT2D eigenvalue weighted by atomic mass is 10.1. The molecule has 178 valence electrons. The molecule has 4 heterocycles. The van der Waals surface area contributed by atoms with Crippen molar-refractivity contribution in [1.29, 1.82) is 0 Å². The number of amides is 1. The molecule has 4 aromatic heterocycles. The van der Waals surface area contributed by atoms with E-state index in [1.165, 1.54) is 12.8 Å². The van der Waals surface area contributed by atoms with Gasteiger partial charge in [0.2, 0.25) is 11.8 Å². The van der Waals surface area contributed by atoms with Crippen LogP contribution in [-0.2, 0) is 17.8 Å². The molecule has 0 saturated heterocycles. The van der Waals surface area contributed by atoms with Crippen LogP contribution in [0.2, 0.25) is 0 Å². The highest BCUT2D eigenvalue weighted by atomic mass is 19.1. The Kier molecular flexibility index (Phi) is 5.91. The van der Waals surface area contributed by atoms with Gasteiger partial charge in [0.05, 0.1) is 37.7 Å². The molecule has 0 radical (unpaired) electrons. The summed E-state index contributed by atoms with van der Waals surface area (Å²) in [7, 11) is 1.54. The first-order valence-corrected chi connectivity index (χ1v) is 11.5. The van der Waals surface area contributed by atoms with Gasteiger partial charge < -0.3 is 20.4 Å². The minimum atomic E-state index is -1.28. The van der Waals surface area contributed by atoms with E-state index >= 15 is 0 Å². The number of methoxy groups -OCH3 is 1. The molecule has 0 aliphatic heterocycles. The SMILES string of the molecule is COc1nc(CC(=O)NC[C@H](F)CN)cn2nc(-c3cc4cccnc4n3CC3CC3)c(C)c12. The number of fused-ring (bicyclic) bond motifs is 2. The first-order chi connectivity index (χ1) is 16.5. The maximum Gasteiger partial charge on any atom is 0.240 e. The number of aromatic nitrogens is 5. The molecule has 1 aliphatic carbocycles. The van der Waals surface area contributed by atoms with Crippen LogP contribution in [0.15, 0.2) is 30.6 Å². The van der Waals surface area contributed by atoms with Crippen molar-refractivity contribution in [3.63, 3.8) is 0 Å². The molecule has 3 N–H and O–H groups in total. The second-order valence-electron chi connectivity index (χ2n) is 8.82. The third kappa shape index (κ3) is 4.21. The summed E-state index contributed by atoms with van der Waals surface area (Å²) >= 11 is 0. The molecule has 0 unspecified atom stereocenters. The summed E-state index contributed by atoms with van der Waals surface area (Å²) in [4.78, 5) is 21.4. The number of carbonyl (C=O) groups is 1. The second kappa shape index (κ2) is 9.02. The number of nitrogens with two attached hydrogens (primary N) is 1. The average molecular weight is 466 g/mol. The van der Waals surface area contributed by atoms with Gasteiger partial charge in [0.25, 0.3) is 0 Å². The van der Waals surface area contributed by atoms with Crippen LogP contribution in [0.4, 0.5) is 4.39 Å². The molecular weight excluding hydrogens is 437 g/mol. The Morgan fingerprint density at radius 3 is 2.97 bits per heavy atom. The summed E-state index contributed by atoms with van der Waals surface area (Å²) in [6, 6.07) is 6.12. The van der Waals surface area contributed by atoms with Crippen molar-refractivity contribution >= 4 is 22.5 Å². The summed E-state index contributed by atoms with van der Waals surface area (Å²) in [6.07, 6.45) is 4.69. The Balaban J connectivity index is 1.54. The molecule has 34 heavy (non-hydrogen) atoms. The zero-order valence-corrected chi connectivity index (χ0v) is 19.3. The van der Waals surface area contributed by atoms with Gasteiger partial charge in [-0.2, -0.15) is 5.10 Å².